The Morgan fingerprint density at radius 2 is 1.86 bits per heavy atom. The van der Waals surface area contributed by atoms with Crippen molar-refractivity contribution in [2.45, 2.75) is 26.5 Å². The number of hydrogen-bond acceptors (Lipinski definition) is 6. The number of aromatic nitrogens is 3. The van der Waals surface area contributed by atoms with Crippen LogP contribution < -0.4 is 20.1 Å². The maximum Gasteiger partial charge on any atom is 0.255 e. The van der Waals surface area contributed by atoms with Crippen molar-refractivity contribution in [2.75, 3.05) is 17.7 Å². The molecule has 0 aliphatic carbocycles. The van der Waals surface area contributed by atoms with Crippen molar-refractivity contribution < 1.29 is 14.3 Å². The molecule has 1 unspecified atom stereocenters. The van der Waals surface area contributed by atoms with Gasteiger partial charge in [-0.2, -0.15) is 10.1 Å². The summed E-state index contributed by atoms with van der Waals surface area (Å²) in [5.74, 6) is 1.43. The zero-order valence-electron chi connectivity index (χ0n) is 20.7. The number of hydrogen-bond donors (Lipinski definition) is 2. The van der Waals surface area contributed by atoms with Crippen molar-refractivity contribution >= 4 is 33.5 Å². The van der Waals surface area contributed by atoms with Crippen molar-refractivity contribution in [1.29, 1.82) is 0 Å². The summed E-state index contributed by atoms with van der Waals surface area (Å²) in [7, 11) is 1.59. The molecule has 9 heteroatoms. The zero-order chi connectivity index (χ0) is 25.9. The highest BCUT2D eigenvalue weighted by Gasteiger charge is 2.34. The normalized spacial score (nSPS) is 14.5. The molecule has 1 aliphatic rings. The second-order valence-corrected chi connectivity index (χ2v) is 9.58. The van der Waals surface area contributed by atoms with E-state index < -0.39 is 6.04 Å². The lowest BCUT2D eigenvalue weighted by Crippen LogP contribution is -2.31. The third kappa shape index (κ3) is 5.08. The Morgan fingerprint density at radius 3 is 2.59 bits per heavy atom. The molecule has 1 atom stereocenters. The molecule has 0 spiro atoms. The van der Waals surface area contributed by atoms with Gasteiger partial charge in [0.15, 0.2) is 11.5 Å². The number of amides is 1. The van der Waals surface area contributed by atoms with Crippen molar-refractivity contribution in [3.05, 3.63) is 105 Å². The van der Waals surface area contributed by atoms with Gasteiger partial charge in [-0.05, 0) is 65.2 Å². The second-order valence-electron chi connectivity index (χ2n) is 8.72. The molecule has 188 valence electrons. The molecule has 1 aromatic heterocycles. The number of aryl methyl sites for hydroxylation is 1. The number of benzene rings is 3. The van der Waals surface area contributed by atoms with Crippen LogP contribution in [0.4, 0.5) is 11.6 Å². The maximum atomic E-state index is 13.6. The van der Waals surface area contributed by atoms with E-state index in [1.807, 2.05) is 80.6 Å². The van der Waals surface area contributed by atoms with Gasteiger partial charge < -0.3 is 20.1 Å². The molecule has 1 amide bonds. The summed E-state index contributed by atoms with van der Waals surface area (Å²) in [6, 6.07) is 20.9. The highest BCUT2D eigenvalue weighted by atomic mass is 79.9. The molecule has 37 heavy (non-hydrogen) atoms. The summed E-state index contributed by atoms with van der Waals surface area (Å²) in [4.78, 5) is 17.9. The molecule has 5 rings (SSSR count). The fourth-order valence-electron chi connectivity index (χ4n) is 4.30. The van der Waals surface area contributed by atoms with E-state index in [0.29, 0.717) is 45.5 Å². The topological polar surface area (TPSA) is 90.3 Å². The molecule has 1 aliphatic heterocycles. The number of methoxy groups -OCH3 is 1. The fraction of sp³-hybridized carbons (Fsp3) is 0.179. The summed E-state index contributed by atoms with van der Waals surface area (Å²) < 4.78 is 14.2. The van der Waals surface area contributed by atoms with Gasteiger partial charge in [-0.25, -0.2) is 4.68 Å². The SMILES string of the molecule is COc1cc(C2C(C(=O)Nc3ccc(C)cc3)=C(C)Nc3ncnn32)cc(Br)c1OCc1ccccc1. The van der Waals surface area contributed by atoms with Gasteiger partial charge in [-0.15, -0.1) is 0 Å². The van der Waals surface area contributed by atoms with Gasteiger partial charge in [0.05, 0.1) is 17.2 Å². The van der Waals surface area contributed by atoms with Crippen LogP contribution in [0.1, 0.15) is 29.7 Å². The summed E-state index contributed by atoms with van der Waals surface area (Å²) in [6.07, 6.45) is 1.47. The number of carbonyl (C=O) groups is 1. The summed E-state index contributed by atoms with van der Waals surface area (Å²) in [6.45, 7) is 4.25. The van der Waals surface area contributed by atoms with E-state index in [1.54, 1.807) is 11.8 Å². The third-order valence-electron chi connectivity index (χ3n) is 6.14. The van der Waals surface area contributed by atoms with Crippen LogP contribution in [0.2, 0.25) is 0 Å². The third-order valence-corrected chi connectivity index (χ3v) is 6.73. The number of ether oxygens (including phenoxy) is 2. The van der Waals surface area contributed by atoms with Crippen LogP contribution in [0.3, 0.4) is 0 Å². The molecule has 0 radical (unpaired) electrons. The molecule has 3 aromatic carbocycles. The number of rotatable bonds is 7. The first kappa shape index (κ1) is 24.6. The molecule has 8 nitrogen and oxygen atoms in total. The van der Waals surface area contributed by atoms with Crippen molar-refractivity contribution in [3.63, 3.8) is 0 Å². The molecule has 2 N–H and O–H groups in total. The number of nitrogens with zero attached hydrogens (tertiary/aromatic N) is 3. The van der Waals surface area contributed by atoms with Gasteiger partial charge in [0.25, 0.3) is 5.91 Å². The molecule has 2 heterocycles. The first-order valence-electron chi connectivity index (χ1n) is 11.7. The van der Waals surface area contributed by atoms with Crippen LogP contribution in [-0.4, -0.2) is 27.8 Å². The Bertz CT molecular complexity index is 1470. The number of carbonyl (C=O) groups excluding carboxylic acids is 1. The van der Waals surface area contributed by atoms with Crippen LogP contribution >= 0.6 is 15.9 Å². The predicted molar refractivity (Wildman–Crippen MR) is 146 cm³/mol. The van der Waals surface area contributed by atoms with E-state index in [9.17, 15) is 4.79 Å². The molecule has 0 saturated heterocycles. The highest BCUT2D eigenvalue weighted by Crippen LogP contribution is 2.43. The zero-order valence-corrected chi connectivity index (χ0v) is 22.2. The van der Waals surface area contributed by atoms with Crippen LogP contribution in [0, 0.1) is 6.92 Å². The number of anilines is 2. The number of allylic oxidation sites excluding steroid dienone is 1. The lowest BCUT2D eigenvalue weighted by molar-refractivity contribution is -0.113. The minimum Gasteiger partial charge on any atom is -0.493 e. The Kier molecular flexibility index (Phi) is 6.96. The van der Waals surface area contributed by atoms with Crippen molar-refractivity contribution in [1.82, 2.24) is 14.8 Å². The lowest BCUT2D eigenvalue weighted by atomic mass is 9.94. The molecule has 0 fully saturated rings. The largest absolute Gasteiger partial charge is 0.493 e. The second kappa shape index (κ2) is 10.5. The van der Waals surface area contributed by atoms with Gasteiger partial charge in [-0.1, -0.05) is 48.0 Å². The van der Waals surface area contributed by atoms with Crippen molar-refractivity contribution in [3.8, 4) is 11.5 Å². The molecular weight excluding hydrogens is 534 g/mol. The Morgan fingerprint density at radius 1 is 1.11 bits per heavy atom. The minimum atomic E-state index is -0.544. The first-order chi connectivity index (χ1) is 17.9. The van der Waals surface area contributed by atoms with Crippen molar-refractivity contribution in [2.24, 2.45) is 0 Å². The average molecular weight is 560 g/mol. The van der Waals surface area contributed by atoms with Gasteiger partial charge in [0.1, 0.15) is 19.0 Å². The summed E-state index contributed by atoms with van der Waals surface area (Å²) >= 11 is 3.66. The monoisotopic (exact) mass is 559 g/mol. The Hall–Kier alpha value is -4.11. The van der Waals surface area contributed by atoms with E-state index in [1.165, 1.54) is 6.33 Å². The van der Waals surface area contributed by atoms with Gasteiger partial charge in [-0.3, -0.25) is 4.79 Å². The smallest absolute Gasteiger partial charge is 0.255 e. The number of fused-ring (bicyclic) bond motifs is 1. The van der Waals surface area contributed by atoms with Crippen LogP contribution in [-0.2, 0) is 11.4 Å². The quantitative estimate of drug-likeness (QED) is 0.294. The molecule has 0 bridgehead atoms. The van der Waals surface area contributed by atoms with E-state index in [4.69, 9.17) is 9.47 Å². The van der Waals surface area contributed by atoms with E-state index in [2.05, 4.69) is 36.6 Å². The first-order valence-corrected chi connectivity index (χ1v) is 12.5. The number of halogens is 1. The van der Waals surface area contributed by atoms with Crippen LogP contribution in [0.15, 0.2) is 88.8 Å². The average Bonchev–Trinajstić information content (AvgIpc) is 3.36. The fourth-order valence-corrected chi connectivity index (χ4v) is 4.87. The molecule has 4 aromatic rings. The summed E-state index contributed by atoms with van der Waals surface area (Å²) in [5, 5.41) is 10.6. The van der Waals surface area contributed by atoms with Gasteiger partial charge >= 0.3 is 0 Å². The standard InChI is InChI=1S/C28H26BrN5O3/c1-17-9-11-21(12-10-17)33-27(35)24-18(2)32-28-30-16-31-34(28)25(24)20-13-22(29)26(23(14-20)36-3)37-15-19-7-5-4-6-8-19/h4-14,16,25H,15H2,1-3H3,(H,33,35)(H,30,31,32). The Labute approximate surface area is 223 Å². The van der Waals surface area contributed by atoms with Gasteiger partial charge in [0.2, 0.25) is 5.95 Å². The lowest BCUT2D eigenvalue weighted by Gasteiger charge is -2.29. The molecule has 0 saturated carbocycles. The van der Waals surface area contributed by atoms with E-state index >= 15 is 0 Å². The minimum absolute atomic E-state index is 0.237. The van der Waals surface area contributed by atoms with Gasteiger partial charge in [0, 0.05) is 11.4 Å². The summed E-state index contributed by atoms with van der Waals surface area (Å²) in [5.41, 5.74) is 4.86. The Balaban J connectivity index is 1.52. The van der Waals surface area contributed by atoms with E-state index in [0.717, 1.165) is 16.7 Å². The van der Waals surface area contributed by atoms with Crippen LogP contribution in [0.5, 0.6) is 11.5 Å². The van der Waals surface area contributed by atoms with Crippen LogP contribution in [0.25, 0.3) is 0 Å². The predicted octanol–water partition coefficient (Wildman–Crippen LogP) is 5.86. The maximum absolute atomic E-state index is 13.6. The molecular formula is C28H26BrN5O3. The van der Waals surface area contributed by atoms with E-state index in [-0.39, 0.29) is 5.91 Å². The number of nitrogens with one attached hydrogen (secondary N) is 2. The highest BCUT2D eigenvalue weighted by molar-refractivity contribution is 9.10.